The number of halogens is 2. The molecule has 31 heavy (non-hydrogen) atoms. The maximum atomic E-state index is 13.6. The van der Waals surface area contributed by atoms with Crippen molar-refractivity contribution in [2.24, 2.45) is 0 Å². The van der Waals surface area contributed by atoms with Gasteiger partial charge in [0, 0.05) is 27.7 Å². The highest BCUT2D eigenvalue weighted by molar-refractivity contribution is 6.31. The molecule has 0 atom stereocenters. The maximum Gasteiger partial charge on any atom is 0.254 e. The highest BCUT2D eigenvalue weighted by Crippen LogP contribution is 2.36. The van der Waals surface area contributed by atoms with E-state index in [0.29, 0.717) is 23.2 Å². The molecule has 2 aliphatic carbocycles. The van der Waals surface area contributed by atoms with Gasteiger partial charge in [0.15, 0.2) is 0 Å². The first-order chi connectivity index (χ1) is 15.1. The second kappa shape index (κ2) is 8.84. The Kier molecular flexibility index (Phi) is 5.94. The van der Waals surface area contributed by atoms with E-state index in [1.165, 1.54) is 25.7 Å². The SMILES string of the molecule is O=C(c1ccc(Cl)cc1)N(Cc1nc2ccc(Cl)cc2n1C1CCCC1)C1CCCC1. The molecule has 1 heterocycles. The molecule has 0 unspecified atom stereocenters. The van der Waals surface area contributed by atoms with Gasteiger partial charge in [-0.25, -0.2) is 4.98 Å². The summed E-state index contributed by atoms with van der Waals surface area (Å²) in [5.41, 5.74) is 2.72. The molecular weight excluding hydrogens is 429 g/mol. The molecule has 0 spiro atoms. The van der Waals surface area contributed by atoms with Crippen LogP contribution in [0, 0.1) is 0 Å². The molecule has 0 saturated heterocycles. The van der Waals surface area contributed by atoms with Crippen LogP contribution in [-0.2, 0) is 6.54 Å². The Morgan fingerprint density at radius 2 is 1.58 bits per heavy atom. The lowest BCUT2D eigenvalue weighted by atomic mass is 10.1. The number of carbonyl (C=O) groups excluding carboxylic acids is 1. The van der Waals surface area contributed by atoms with E-state index in [4.69, 9.17) is 28.2 Å². The summed E-state index contributed by atoms with van der Waals surface area (Å²) in [5.74, 6) is 1.03. The van der Waals surface area contributed by atoms with Crippen LogP contribution in [0.25, 0.3) is 11.0 Å². The van der Waals surface area contributed by atoms with Crippen molar-refractivity contribution in [1.29, 1.82) is 0 Å². The molecule has 162 valence electrons. The van der Waals surface area contributed by atoms with Gasteiger partial charge in [-0.3, -0.25) is 4.79 Å². The van der Waals surface area contributed by atoms with Crippen LogP contribution >= 0.6 is 23.2 Å². The van der Waals surface area contributed by atoms with Gasteiger partial charge < -0.3 is 9.47 Å². The predicted molar refractivity (Wildman–Crippen MR) is 126 cm³/mol. The summed E-state index contributed by atoms with van der Waals surface area (Å²) >= 11 is 12.4. The van der Waals surface area contributed by atoms with Crippen LogP contribution in [0.2, 0.25) is 10.0 Å². The number of imidazole rings is 1. The van der Waals surface area contributed by atoms with Crippen LogP contribution in [0.4, 0.5) is 0 Å². The van der Waals surface area contributed by atoms with E-state index < -0.39 is 0 Å². The van der Waals surface area contributed by atoms with Crippen molar-refractivity contribution in [2.45, 2.75) is 70.0 Å². The van der Waals surface area contributed by atoms with Crippen molar-refractivity contribution in [3.63, 3.8) is 0 Å². The summed E-state index contributed by atoms with van der Waals surface area (Å²) in [6.45, 7) is 0.523. The van der Waals surface area contributed by atoms with E-state index in [2.05, 4.69) is 4.57 Å². The zero-order valence-electron chi connectivity index (χ0n) is 17.6. The van der Waals surface area contributed by atoms with Gasteiger partial charge in [0.25, 0.3) is 5.91 Å². The molecule has 2 aliphatic rings. The standard InChI is InChI=1S/C25H27Cl2N3O/c26-18-11-9-17(10-12-18)25(31)29(20-5-1-2-6-20)16-24-28-22-14-13-19(27)15-23(22)30(24)21-7-3-4-8-21/h9-15,20-21H,1-8,16H2. The lowest BCUT2D eigenvalue weighted by Crippen LogP contribution is -2.39. The number of amides is 1. The van der Waals surface area contributed by atoms with Crippen LogP contribution in [0.15, 0.2) is 42.5 Å². The molecule has 1 aromatic heterocycles. The molecule has 5 rings (SSSR count). The zero-order valence-corrected chi connectivity index (χ0v) is 19.1. The number of benzene rings is 2. The quantitative estimate of drug-likeness (QED) is 0.413. The van der Waals surface area contributed by atoms with Gasteiger partial charge in [0.05, 0.1) is 17.6 Å². The minimum absolute atomic E-state index is 0.0617. The third-order valence-electron chi connectivity index (χ3n) is 6.84. The Bertz CT molecular complexity index is 1080. The van der Waals surface area contributed by atoms with Crippen LogP contribution in [0.5, 0.6) is 0 Å². The molecule has 2 fully saturated rings. The lowest BCUT2D eigenvalue weighted by Gasteiger charge is -2.30. The summed E-state index contributed by atoms with van der Waals surface area (Å²) in [5, 5.41) is 1.37. The second-order valence-corrected chi connectivity index (χ2v) is 9.72. The summed E-state index contributed by atoms with van der Waals surface area (Å²) < 4.78 is 2.37. The van der Waals surface area contributed by atoms with Gasteiger partial charge in [0.1, 0.15) is 5.82 Å². The van der Waals surface area contributed by atoms with Crippen LogP contribution < -0.4 is 0 Å². The largest absolute Gasteiger partial charge is 0.328 e. The van der Waals surface area contributed by atoms with E-state index in [9.17, 15) is 4.79 Å². The monoisotopic (exact) mass is 455 g/mol. The average Bonchev–Trinajstić information content (AvgIpc) is 3.52. The maximum absolute atomic E-state index is 13.6. The predicted octanol–water partition coefficient (Wildman–Crippen LogP) is 7.04. The fourth-order valence-electron chi connectivity index (χ4n) is 5.29. The fraction of sp³-hybridized carbons (Fsp3) is 0.440. The Morgan fingerprint density at radius 3 is 2.29 bits per heavy atom. The normalized spacial score (nSPS) is 17.6. The lowest BCUT2D eigenvalue weighted by molar-refractivity contribution is 0.0655. The Balaban J connectivity index is 1.55. The third-order valence-corrected chi connectivity index (χ3v) is 7.33. The summed E-state index contributed by atoms with van der Waals surface area (Å²) in [4.78, 5) is 20.6. The third kappa shape index (κ3) is 4.20. The Hall–Kier alpha value is -2.04. The molecule has 3 aromatic rings. The van der Waals surface area contributed by atoms with Crippen molar-refractivity contribution in [2.75, 3.05) is 0 Å². The molecule has 4 nitrogen and oxygen atoms in total. The summed E-state index contributed by atoms with van der Waals surface area (Å²) in [6, 6.07) is 13.8. The zero-order chi connectivity index (χ0) is 21.4. The molecular formula is C25H27Cl2N3O. The first kappa shape index (κ1) is 20.8. The van der Waals surface area contributed by atoms with Crippen molar-refractivity contribution in [1.82, 2.24) is 14.5 Å². The molecule has 2 saturated carbocycles. The van der Waals surface area contributed by atoms with Gasteiger partial charge in [-0.05, 0) is 68.1 Å². The highest BCUT2D eigenvalue weighted by atomic mass is 35.5. The van der Waals surface area contributed by atoms with Crippen molar-refractivity contribution in [3.8, 4) is 0 Å². The molecule has 1 amide bonds. The Labute approximate surface area is 193 Å². The number of hydrogen-bond acceptors (Lipinski definition) is 2. The minimum Gasteiger partial charge on any atom is -0.328 e. The van der Waals surface area contributed by atoms with Crippen LogP contribution in [0.1, 0.15) is 73.6 Å². The van der Waals surface area contributed by atoms with Gasteiger partial charge in [-0.1, -0.05) is 48.9 Å². The van der Waals surface area contributed by atoms with E-state index in [-0.39, 0.29) is 11.9 Å². The summed E-state index contributed by atoms with van der Waals surface area (Å²) in [6.07, 6.45) is 9.22. The van der Waals surface area contributed by atoms with E-state index in [0.717, 1.165) is 47.6 Å². The topological polar surface area (TPSA) is 38.1 Å². The van der Waals surface area contributed by atoms with Crippen LogP contribution in [0.3, 0.4) is 0 Å². The minimum atomic E-state index is 0.0617. The van der Waals surface area contributed by atoms with Gasteiger partial charge in [-0.2, -0.15) is 0 Å². The number of rotatable bonds is 5. The average molecular weight is 456 g/mol. The molecule has 6 heteroatoms. The first-order valence-electron chi connectivity index (χ1n) is 11.3. The van der Waals surface area contributed by atoms with Crippen molar-refractivity contribution >= 4 is 40.1 Å². The molecule has 0 bridgehead atoms. The number of aromatic nitrogens is 2. The Morgan fingerprint density at radius 1 is 0.935 bits per heavy atom. The first-order valence-corrected chi connectivity index (χ1v) is 12.1. The van der Waals surface area contributed by atoms with Crippen LogP contribution in [-0.4, -0.2) is 26.4 Å². The second-order valence-electron chi connectivity index (χ2n) is 8.85. The molecule has 0 radical (unpaired) electrons. The fourth-order valence-corrected chi connectivity index (χ4v) is 5.58. The molecule has 0 aliphatic heterocycles. The molecule has 0 N–H and O–H groups in total. The van der Waals surface area contributed by atoms with E-state index in [1.807, 2.05) is 35.2 Å². The number of fused-ring (bicyclic) bond motifs is 1. The number of nitrogens with zero attached hydrogens (tertiary/aromatic N) is 3. The highest BCUT2D eigenvalue weighted by Gasteiger charge is 2.31. The molecule has 2 aromatic carbocycles. The van der Waals surface area contributed by atoms with E-state index in [1.54, 1.807) is 12.1 Å². The smallest absolute Gasteiger partial charge is 0.254 e. The van der Waals surface area contributed by atoms with Crippen molar-refractivity contribution < 1.29 is 4.79 Å². The van der Waals surface area contributed by atoms with Gasteiger partial charge in [0.2, 0.25) is 0 Å². The number of carbonyl (C=O) groups is 1. The van der Waals surface area contributed by atoms with Crippen molar-refractivity contribution in [3.05, 3.63) is 63.9 Å². The summed E-state index contributed by atoms with van der Waals surface area (Å²) in [7, 11) is 0. The van der Waals surface area contributed by atoms with Gasteiger partial charge in [-0.15, -0.1) is 0 Å². The van der Waals surface area contributed by atoms with E-state index >= 15 is 0 Å². The van der Waals surface area contributed by atoms with Gasteiger partial charge >= 0.3 is 0 Å². The number of hydrogen-bond donors (Lipinski definition) is 0.